The zero-order chi connectivity index (χ0) is 26.9. The highest BCUT2D eigenvalue weighted by Crippen LogP contribution is 2.33. The Morgan fingerprint density at radius 3 is 2.24 bits per heavy atom. The second-order valence-corrected chi connectivity index (χ2v) is 10.5. The van der Waals surface area contributed by atoms with Gasteiger partial charge in [0.05, 0.1) is 23.6 Å². The number of carbonyl (C=O) groups excluding carboxylic acids is 2. The van der Waals surface area contributed by atoms with E-state index in [1.165, 1.54) is 11.8 Å². The maximum absolute atomic E-state index is 13.4. The van der Waals surface area contributed by atoms with Crippen LogP contribution in [-0.4, -0.2) is 37.1 Å². The number of hydrogen-bond acceptors (Lipinski definition) is 7. The number of nitriles is 1. The van der Waals surface area contributed by atoms with Crippen molar-refractivity contribution in [3.05, 3.63) is 103 Å². The first kappa shape index (κ1) is 26.1. The Bertz CT molecular complexity index is 1560. The minimum Gasteiger partial charge on any atom is -0.494 e. The molecule has 1 aromatic heterocycles. The molecule has 1 aliphatic heterocycles. The zero-order valence-electron chi connectivity index (χ0n) is 20.4. The first-order valence-electron chi connectivity index (χ1n) is 11.4. The van der Waals surface area contributed by atoms with Crippen molar-refractivity contribution in [2.45, 2.75) is 27.3 Å². The molecule has 1 amide bonds. The van der Waals surface area contributed by atoms with Gasteiger partial charge in [-0.05, 0) is 43.5 Å². The molecule has 0 saturated carbocycles. The van der Waals surface area contributed by atoms with Crippen LogP contribution in [0.25, 0.3) is 6.08 Å². The van der Waals surface area contributed by atoms with Gasteiger partial charge in [0, 0.05) is 0 Å². The average molecular weight is 530 g/mol. The summed E-state index contributed by atoms with van der Waals surface area (Å²) in [5.74, 6) is -1.60. The summed E-state index contributed by atoms with van der Waals surface area (Å²) < 4.78 is 1.22. The van der Waals surface area contributed by atoms with E-state index in [4.69, 9.17) is 12.2 Å². The van der Waals surface area contributed by atoms with Gasteiger partial charge in [-0.3, -0.25) is 23.9 Å². The van der Waals surface area contributed by atoms with Gasteiger partial charge in [0.25, 0.3) is 11.5 Å². The summed E-state index contributed by atoms with van der Waals surface area (Å²) in [6.07, 6.45) is 1.71. The second-order valence-electron chi connectivity index (χ2n) is 8.79. The van der Waals surface area contributed by atoms with Crippen molar-refractivity contribution in [1.82, 2.24) is 9.47 Å². The van der Waals surface area contributed by atoms with E-state index < -0.39 is 29.7 Å². The summed E-state index contributed by atoms with van der Waals surface area (Å²) in [6, 6.07) is 16.8. The van der Waals surface area contributed by atoms with Crippen LogP contribution in [0.1, 0.15) is 43.7 Å². The Hall–Kier alpha value is -4.00. The summed E-state index contributed by atoms with van der Waals surface area (Å²) >= 11 is 6.45. The molecule has 7 nitrogen and oxygen atoms in total. The summed E-state index contributed by atoms with van der Waals surface area (Å²) in [5.41, 5.74) is 2.61. The lowest BCUT2D eigenvalue weighted by Gasteiger charge is -2.18. The molecule has 0 unspecified atom stereocenters. The summed E-state index contributed by atoms with van der Waals surface area (Å²) in [7, 11) is 0. The van der Waals surface area contributed by atoms with Gasteiger partial charge in [-0.2, -0.15) is 5.26 Å². The van der Waals surface area contributed by atoms with Crippen LogP contribution in [0, 0.1) is 32.1 Å². The van der Waals surface area contributed by atoms with Crippen LogP contribution in [0.2, 0.25) is 0 Å². The second kappa shape index (κ2) is 10.5. The summed E-state index contributed by atoms with van der Waals surface area (Å²) in [4.78, 5) is 41.0. The third-order valence-electron chi connectivity index (χ3n) is 6.09. The van der Waals surface area contributed by atoms with Crippen molar-refractivity contribution in [3.8, 4) is 11.9 Å². The van der Waals surface area contributed by atoms with Crippen molar-refractivity contribution >= 4 is 46.1 Å². The van der Waals surface area contributed by atoms with Gasteiger partial charge in [-0.15, -0.1) is 0 Å². The van der Waals surface area contributed by atoms with E-state index in [1.807, 2.05) is 56.3 Å². The highest BCUT2D eigenvalue weighted by atomic mass is 32.2. The normalized spacial score (nSPS) is 14.3. The first-order valence-corrected chi connectivity index (χ1v) is 12.6. The number of thioether (sulfide) groups is 1. The lowest BCUT2D eigenvalue weighted by atomic mass is 10.0. The molecule has 186 valence electrons. The van der Waals surface area contributed by atoms with E-state index in [2.05, 4.69) is 0 Å². The summed E-state index contributed by atoms with van der Waals surface area (Å²) in [5, 5.41) is 20.6. The van der Waals surface area contributed by atoms with Gasteiger partial charge in [-0.25, -0.2) is 0 Å². The van der Waals surface area contributed by atoms with E-state index in [1.54, 1.807) is 18.2 Å². The first-order chi connectivity index (χ1) is 17.6. The Labute approximate surface area is 223 Å². The van der Waals surface area contributed by atoms with E-state index >= 15 is 0 Å². The fourth-order valence-corrected chi connectivity index (χ4v) is 5.24. The zero-order valence-corrected chi connectivity index (χ0v) is 22.1. The molecular weight excluding hydrogens is 506 g/mol. The number of rotatable bonds is 6. The van der Waals surface area contributed by atoms with Crippen molar-refractivity contribution in [3.63, 3.8) is 0 Å². The van der Waals surface area contributed by atoms with Crippen LogP contribution in [0.4, 0.5) is 0 Å². The van der Waals surface area contributed by atoms with Crippen molar-refractivity contribution < 1.29 is 14.7 Å². The van der Waals surface area contributed by atoms with Crippen molar-refractivity contribution in [2.24, 2.45) is 0 Å². The number of aryl methyl sites for hydroxylation is 2. The average Bonchev–Trinajstić information content (AvgIpc) is 3.12. The van der Waals surface area contributed by atoms with Crippen LogP contribution in [-0.2, 0) is 11.3 Å². The minimum atomic E-state index is -0.693. The number of Topliss-reactive ketones (excluding diaryl/α,β-unsaturated/α-hetero) is 1. The number of ketones is 1. The molecule has 1 saturated heterocycles. The Kier molecular flexibility index (Phi) is 7.43. The smallest absolute Gasteiger partial charge is 0.271 e. The number of aromatic nitrogens is 1. The minimum absolute atomic E-state index is 0.0273. The van der Waals surface area contributed by atoms with E-state index in [0.717, 1.165) is 33.0 Å². The molecule has 0 radical (unpaired) electrons. The maximum Gasteiger partial charge on any atom is 0.271 e. The lowest BCUT2D eigenvalue weighted by molar-refractivity contribution is -0.121. The molecule has 1 fully saturated rings. The lowest BCUT2D eigenvalue weighted by Crippen LogP contribution is -2.35. The third kappa shape index (κ3) is 5.26. The van der Waals surface area contributed by atoms with Gasteiger partial charge in [0.1, 0.15) is 16.0 Å². The highest BCUT2D eigenvalue weighted by Gasteiger charge is 2.35. The molecular formula is C28H23N3O4S2. The van der Waals surface area contributed by atoms with Crippen molar-refractivity contribution in [1.29, 1.82) is 5.26 Å². The molecule has 4 rings (SSSR count). The largest absolute Gasteiger partial charge is 0.494 e. The molecule has 0 atom stereocenters. The Morgan fingerprint density at radius 1 is 1.05 bits per heavy atom. The third-order valence-corrected chi connectivity index (χ3v) is 7.47. The van der Waals surface area contributed by atoms with Crippen LogP contribution >= 0.6 is 24.0 Å². The number of thiocarbonyl (C=S) groups is 1. The van der Waals surface area contributed by atoms with Crippen LogP contribution < -0.4 is 5.56 Å². The number of benzene rings is 2. The van der Waals surface area contributed by atoms with Gasteiger partial charge in [0.15, 0.2) is 5.78 Å². The van der Waals surface area contributed by atoms with E-state index in [9.17, 15) is 24.8 Å². The number of pyridine rings is 1. The van der Waals surface area contributed by atoms with Gasteiger partial charge in [0.2, 0.25) is 5.88 Å². The van der Waals surface area contributed by atoms with Gasteiger partial charge < -0.3 is 5.11 Å². The van der Waals surface area contributed by atoms with Crippen LogP contribution in [0.5, 0.6) is 5.88 Å². The molecule has 0 aliphatic carbocycles. The number of nitrogens with zero attached hydrogens (tertiary/aromatic N) is 3. The SMILES string of the molecule is Cc1ccc(/C=C2\SC(=S)N(CC(=O)c3c(C)c(C#N)c(=O)n(Cc4ccc(C)cc4)c3O)C2=O)cc1. The molecule has 2 aromatic carbocycles. The fraction of sp³-hybridized carbons (Fsp3) is 0.179. The topological polar surface area (TPSA) is 103 Å². The monoisotopic (exact) mass is 529 g/mol. The van der Waals surface area contributed by atoms with Crippen LogP contribution in [0.3, 0.4) is 0 Å². The number of hydrogen-bond donors (Lipinski definition) is 1. The molecule has 0 spiro atoms. The molecule has 1 aliphatic rings. The van der Waals surface area contributed by atoms with Crippen molar-refractivity contribution in [2.75, 3.05) is 6.54 Å². The van der Waals surface area contributed by atoms with Gasteiger partial charge >= 0.3 is 0 Å². The van der Waals surface area contributed by atoms with Crippen LogP contribution in [0.15, 0.2) is 58.2 Å². The number of aromatic hydroxyl groups is 1. The molecule has 1 N–H and O–H groups in total. The van der Waals surface area contributed by atoms with E-state index in [-0.39, 0.29) is 27.6 Å². The number of carbonyl (C=O) groups is 2. The maximum atomic E-state index is 13.4. The standard InChI is InChI=1S/C28H23N3O4S2/c1-16-4-8-19(9-5-16)12-23-26(34)31(28(36)37-23)15-22(32)24-18(3)21(13-29)25(33)30(27(24)35)14-20-10-6-17(2)7-11-20/h4-12,35H,14-15H2,1-3H3/b23-12-. The highest BCUT2D eigenvalue weighted by molar-refractivity contribution is 8.26. The fourth-order valence-electron chi connectivity index (χ4n) is 3.98. The van der Waals surface area contributed by atoms with Gasteiger partial charge in [-0.1, -0.05) is 83.6 Å². The molecule has 37 heavy (non-hydrogen) atoms. The molecule has 3 aromatic rings. The predicted molar refractivity (Wildman–Crippen MR) is 147 cm³/mol. The van der Waals surface area contributed by atoms with E-state index in [0.29, 0.717) is 10.5 Å². The summed E-state index contributed by atoms with van der Waals surface area (Å²) in [6.45, 7) is 4.87. The predicted octanol–water partition coefficient (Wildman–Crippen LogP) is 4.48. The molecule has 2 heterocycles. The Morgan fingerprint density at radius 2 is 1.65 bits per heavy atom. The quantitative estimate of drug-likeness (QED) is 0.285. The number of amides is 1. The molecule has 0 bridgehead atoms. The Balaban J connectivity index is 1.66. The molecule has 9 heteroatoms.